The fourth-order valence-electron chi connectivity index (χ4n) is 5.16. The van der Waals surface area contributed by atoms with E-state index < -0.39 is 42.4 Å². The molecule has 3 fully saturated rings. The average molecular weight is 650 g/mol. The van der Waals surface area contributed by atoms with Crippen LogP contribution in [0.3, 0.4) is 0 Å². The minimum absolute atomic E-state index is 0.122. The van der Waals surface area contributed by atoms with E-state index in [0.717, 1.165) is 36.7 Å². The first kappa shape index (κ1) is 36.9. The second kappa shape index (κ2) is 15.7. The zero-order valence-corrected chi connectivity index (χ0v) is 23.4. The van der Waals surface area contributed by atoms with E-state index >= 15 is 0 Å². The lowest BCUT2D eigenvalue weighted by Gasteiger charge is -2.43. The number of carboxylic acid groups (broad SMARTS) is 1. The van der Waals surface area contributed by atoms with Gasteiger partial charge in [-0.1, -0.05) is 6.42 Å². The third-order valence-electron chi connectivity index (χ3n) is 7.71. The Labute approximate surface area is 246 Å². The van der Waals surface area contributed by atoms with Crippen molar-refractivity contribution in [3.63, 3.8) is 0 Å². The van der Waals surface area contributed by atoms with Crippen molar-refractivity contribution in [2.24, 2.45) is 11.8 Å². The molecule has 1 aromatic rings. The van der Waals surface area contributed by atoms with E-state index in [1.807, 2.05) is 6.07 Å². The number of aldehydes is 1. The van der Waals surface area contributed by atoms with Crippen LogP contribution < -0.4 is 4.90 Å². The maximum atomic E-state index is 11.2. The summed E-state index contributed by atoms with van der Waals surface area (Å²) < 4.78 is 98.2. The van der Waals surface area contributed by atoms with Crippen LogP contribution in [0.4, 0.5) is 45.2 Å². The largest absolute Gasteiger partial charge is 0.477 e. The number of Topliss-reactive ketones (excluding diaryl/α,β-unsaturated/α-hetero) is 2. The van der Waals surface area contributed by atoms with Crippen LogP contribution in [0.1, 0.15) is 61.9 Å². The Morgan fingerprint density at radius 1 is 0.795 bits per heavy atom. The number of likely N-dealkylation sites (tertiary alicyclic amines) is 1. The van der Waals surface area contributed by atoms with Crippen LogP contribution in [-0.2, 0) is 14.4 Å². The first-order valence-electron chi connectivity index (χ1n) is 13.8. The Morgan fingerprint density at radius 3 is 1.57 bits per heavy atom. The summed E-state index contributed by atoms with van der Waals surface area (Å²) in [4.78, 5) is 48.0. The van der Waals surface area contributed by atoms with Gasteiger partial charge in [-0.3, -0.25) is 14.4 Å². The lowest BCUT2D eigenvalue weighted by molar-refractivity contribution is -0.193. The van der Waals surface area contributed by atoms with Gasteiger partial charge in [-0.2, -0.15) is 39.5 Å². The minimum Gasteiger partial charge on any atom is -0.477 e. The van der Waals surface area contributed by atoms with Crippen molar-refractivity contribution < 1.29 is 63.8 Å². The lowest BCUT2D eigenvalue weighted by atomic mass is 9.81. The summed E-state index contributed by atoms with van der Waals surface area (Å²) in [6.07, 6.45) is -4.51. The minimum atomic E-state index is -5.77. The zero-order chi connectivity index (χ0) is 33.3. The van der Waals surface area contributed by atoms with E-state index in [9.17, 15) is 53.9 Å². The molecule has 0 bridgehead atoms. The standard InChI is InChI=1S/C21H31N3O2.C4F6O2.C2HF3O/c25-21(26)20-5-4-19(15-22-20)24-12-8-17(9-13-24)14-16-6-10-23(11-7-16)18-2-1-3-18;5-3(6,7)1(11)2(12)4(8,9)10;3-2(4,5)1-6/h4-5,15-18H,1-3,6-14H2,(H,25,26);;1H. The summed E-state index contributed by atoms with van der Waals surface area (Å²) in [5, 5.41) is 8.96. The molecule has 0 atom stereocenters. The van der Waals surface area contributed by atoms with Gasteiger partial charge in [0.2, 0.25) is 6.29 Å². The van der Waals surface area contributed by atoms with Gasteiger partial charge >= 0.3 is 36.1 Å². The summed E-state index contributed by atoms with van der Waals surface area (Å²) in [6.45, 7) is 4.80. The Balaban J connectivity index is 0.000000313. The van der Waals surface area contributed by atoms with Gasteiger partial charge in [0.25, 0.3) is 0 Å². The highest BCUT2D eigenvalue weighted by Crippen LogP contribution is 2.34. The van der Waals surface area contributed by atoms with E-state index in [-0.39, 0.29) is 5.69 Å². The molecule has 0 amide bonds. The smallest absolute Gasteiger partial charge is 0.458 e. The van der Waals surface area contributed by atoms with Crippen molar-refractivity contribution in [2.45, 2.75) is 75.9 Å². The maximum absolute atomic E-state index is 11.2. The number of halogens is 9. The van der Waals surface area contributed by atoms with Gasteiger partial charge < -0.3 is 14.9 Å². The molecule has 0 spiro atoms. The fourth-order valence-corrected chi connectivity index (χ4v) is 5.16. The van der Waals surface area contributed by atoms with Crippen LogP contribution in [-0.4, -0.2) is 89.6 Å². The van der Waals surface area contributed by atoms with Gasteiger partial charge in [-0.05, 0) is 82.0 Å². The van der Waals surface area contributed by atoms with Crippen LogP contribution >= 0.6 is 0 Å². The third-order valence-corrected chi connectivity index (χ3v) is 7.71. The molecule has 1 N–H and O–H groups in total. The summed E-state index contributed by atoms with van der Waals surface area (Å²) in [6, 6.07) is 4.42. The normalized spacial score (nSPS) is 19.1. The van der Waals surface area contributed by atoms with Gasteiger partial charge in [0.1, 0.15) is 5.69 Å². The molecule has 44 heavy (non-hydrogen) atoms. The Bertz CT molecular complexity index is 1080. The predicted octanol–water partition coefficient (Wildman–Crippen LogP) is 5.65. The second-order valence-corrected chi connectivity index (χ2v) is 10.8. The van der Waals surface area contributed by atoms with Crippen LogP contribution in [0.25, 0.3) is 0 Å². The van der Waals surface area contributed by atoms with Crippen molar-refractivity contribution in [3.8, 4) is 0 Å². The molecule has 0 aromatic carbocycles. The number of anilines is 1. The maximum Gasteiger partial charge on any atom is 0.458 e. The van der Waals surface area contributed by atoms with Crippen LogP contribution in [0.5, 0.6) is 0 Å². The van der Waals surface area contributed by atoms with Crippen molar-refractivity contribution in [1.29, 1.82) is 0 Å². The number of rotatable bonds is 6. The molecule has 1 aliphatic carbocycles. The molecular formula is C27H32F9N3O5. The monoisotopic (exact) mass is 649 g/mol. The highest BCUT2D eigenvalue weighted by Gasteiger charge is 2.54. The van der Waals surface area contributed by atoms with Gasteiger partial charge in [0, 0.05) is 19.1 Å². The number of aromatic nitrogens is 1. The Kier molecular flexibility index (Phi) is 13.2. The number of ketones is 2. The molecule has 17 heteroatoms. The van der Waals surface area contributed by atoms with Gasteiger partial charge in [0.05, 0.1) is 11.9 Å². The van der Waals surface area contributed by atoms with E-state index in [2.05, 4.69) is 14.8 Å². The predicted molar refractivity (Wildman–Crippen MR) is 137 cm³/mol. The molecule has 3 aliphatic rings. The molecule has 1 saturated carbocycles. The Morgan fingerprint density at radius 2 is 1.25 bits per heavy atom. The molecule has 1 aromatic heterocycles. The van der Waals surface area contributed by atoms with Gasteiger partial charge in [-0.25, -0.2) is 9.78 Å². The average Bonchev–Trinajstić information content (AvgIpc) is 2.92. The third kappa shape index (κ3) is 12.0. The number of carbonyl (C=O) groups is 4. The van der Waals surface area contributed by atoms with Crippen LogP contribution in [0, 0.1) is 11.8 Å². The first-order chi connectivity index (χ1) is 20.3. The van der Waals surface area contributed by atoms with Crippen molar-refractivity contribution in [3.05, 3.63) is 24.0 Å². The fraction of sp³-hybridized carbons (Fsp3) is 0.667. The van der Waals surface area contributed by atoms with E-state index in [0.29, 0.717) is 0 Å². The number of carboxylic acids is 1. The highest BCUT2D eigenvalue weighted by molar-refractivity contribution is 6.41. The number of hydrogen-bond acceptors (Lipinski definition) is 7. The molecule has 248 valence electrons. The van der Waals surface area contributed by atoms with E-state index in [1.165, 1.54) is 64.5 Å². The zero-order valence-electron chi connectivity index (χ0n) is 23.4. The second-order valence-electron chi connectivity index (χ2n) is 10.8. The number of alkyl halides is 9. The van der Waals surface area contributed by atoms with Gasteiger partial charge in [-0.15, -0.1) is 0 Å². The molecule has 2 saturated heterocycles. The number of carbonyl (C=O) groups excluding carboxylic acids is 3. The summed E-state index contributed by atoms with van der Waals surface area (Å²) in [5.74, 6) is -5.99. The summed E-state index contributed by atoms with van der Waals surface area (Å²) >= 11 is 0. The quantitative estimate of drug-likeness (QED) is 0.240. The molecule has 0 radical (unpaired) electrons. The number of pyridine rings is 1. The lowest BCUT2D eigenvalue weighted by Crippen LogP contribution is -2.45. The van der Waals surface area contributed by atoms with E-state index in [4.69, 9.17) is 9.90 Å². The van der Waals surface area contributed by atoms with Crippen molar-refractivity contribution >= 4 is 29.5 Å². The number of nitrogens with zero attached hydrogens (tertiary/aromatic N) is 3. The number of hydrogen-bond donors (Lipinski definition) is 1. The summed E-state index contributed by atoms with van der Waals surface area (Å²) in [5.41, 5.74) is 1.18. The molecule has 0 unspecified atom stereocenters. The molecular weight excluding hydrogens is 617 g/mol. The summed E-state index contributed by atoms with van der Waals surface area (Å²) in [7, 11) is 0. The molecule has 4 rings (SSSR count). The van der Waals surface area contributed by atoms with E-state index in [1.54, 1.807) is 12.3 Å². The topological polar surface area (TPSA) is 108 Å². The number of aromatic carboxylic acids is 1. The molecule has 2 aliphatic heterocycles. The number of piperidine rings is 2. The van der Waals surface area contributed by atoms with Crippen molar-refractivity contribution in [2.75, 3.05) is 31.1 Å². The SMILES string of the molecule is O=C(C(=O)C(F)(F)F)C(F)(F)F.O=C(O)c1ccc(N2CCC(CC3CCN(C4CCC4)CC3)CC2)cn1.O=CC(F)(F)F. The first-order valence-corrected chi connectivity index (χ1v) is 13.8. The molecule has 8 nitrogen and oxygen atoms in total. The Hall–Kier alpha value is -3.24. The van der Waals surface area contributed by atoms with Crippen molar-refractivity contribution in [1.82, 2.24) is 9.88 Å². The van der Waals surface area contributed by atoms with Crippen LogP contribution in [0.15, 0.2) is 18.3 Å². The van der Waals surface area contributed by atoms with Gasteiger partial charge in [0.15, 0.2) is 0 Å². The highest BCUT2D eigenvalue weighted by atomic mass is 19.4. The molecule has 3 heterocycles. The van der Waals surface area contributed by atoms with Crippen LogP contribution in [0.2, 0.25) is 0 Å².